The number of hydrogen-bond acceptors (Lipinski definition) is 4. The van der Waals surface area contributed by atoms with E-state index in [-0.39, 0.29) is 12.1 Å². The van der Waals surface area contributed by atoms with Crippen LogP contribution >= 0.6 is 30.3 Å². The summed E-state index contributed by atoms with van der Waals surface area (Å²) < 4.78 is 7.20. The number of ether oxygens (including phenoxy) is 1. The first-order valence-electron chi connectivity index (χ1n) is 4.41. The molecule has 0 saturated carbocycles. The van der Waals surface area contributed by atoms with Crippen LogP contribution in [-0.2, 0) is 4.74 Å². The van der Waals surface area contributed by atoms with E-state index in [1.165, 1.54) is 0 Å². The second-order valence-electron chi connectivity index (χ2n) is 3.60. The van der Waals surface area contributed by atoms with Crippen molar-refractivity contribution in [1.82, 2.24) is 4.31 Å². The number of aliphatic hydroxyl groups is 1. The molecule has 0 aromatic rings. The Morgan fingerprint density at radius 3 is 3.00 bits per heavy atom. The molecule has 1 unspecified atom stereocenters. The monoisotopic (exact) mass is 317 g/mol. The third-order valence-electron chi connectivity index (χ3n) is 2.38. The van der Waals surface area contributed by atoms with Gasteiger partial charge in [0.15, 0.2) is 0 Å². The maximum absolute atomic E-state index is 9.78. The van der Waals surface area contributed by atoms with Crippen LogP contribution in [-0.4, -0.2) is 41.8 Å². The number of aliphatic hydroxyl groups excluding tert-OH is 1. The first kappa shape index (κ1) is 12.0. The molecule has 13 heavy (non-hydrogen) atoms. The largest absolute Gasteiger partial charge is 0.389 e. The predicted octanol–water partition coefficient (Wildman–Crippen LogP) is 1.70. The van der Waals surface area contributed by atoms with Gasteiger partial charge in [-0.3, -0.25) is 0 Å². The zero-order valence-corrected chi connectivity index (χ0v) is 10.9. The lowest BCUT2D eigenvalue weighted by molar-refractivity contribution is 0.0298. The molecule has 0 amide bonds. The molecule has 0 bridgehead atoms. The number of nitrogens with zero attached hydrogens (tertiary/aromatic N) is 1. The van der Waals surface area contributed by atoms with Gasteiger partial charge in [-0.2, -0.15) is 0 Å². The van der Waals surface area contributed by atoms with Crippen molar-refractivity contribution >= 4 is 30.3 Å². The Labute approximate surface area is 95.9 Å². The highest BCUT2D eigenvalue weighted by molar-refractivity contribution is 14.2. The highest BCUT2D eigenvalue weighted by Gasteiger charge is 2.34. The van der Waals surface area contributed by atoms with Crippen molar-refractivity contribution in [2.24, 2.45) is 5.92 Å². The summed E-state index contributed by atoms with van der Waals surface area (Å²) in [6, 6.07) is 0.261. The highest BCUT2D eigenvalue weighted by Crippen LogP contribution is 2.34. The van der Waals surface area contributed by atoms with Crippen LogP contribution in [0.5, 0.6) is 0 Å². The van der Waals surface area contributed by atoms with Gasteiger partial charge in [0.25, 0.3) is 0 Å². The van der Waals surface area contributed by atoms with Crippen molar-refractivity contribution < 1.29 is 9.84 Å². The molecule has 0 spiro atoms. The molecule has 1 heterocycles. The Bertz CT molecular complexity index is 161. The fourth-order valence-corrected chi connectivity index (χ4v) is 3.76. The smallest absolute Gasteiger partial charge is 0.0937 e. The molecular formula is C8H16INO2S. The van der Waals surface area contributed by atoms with E-state index >= 15 is 0 Å². The summed E-state index contributed by atoms with van der Waals surface area (Å²) in [5.74, 6) is 0.679. The normalized spacial score (nSPS) is 32.3. The molecule has 1 N–H and O–H groups in total. The molecule has 78 valence electrons. The minimum absolute atomic E-state index is 0.261. The average Bonchev–Trinajstić information content (AvgIpc) is 2.47. The van der Waals surface area contributed by atoms with Crippen LogP contribution in [0, 0.1) is 5.92 Å². The summed E-state index contributed by atoms with van der Waals surface area (Å²) in [6.07, 6.45) is 0.720. The maximum Gasteiger partial charge on any atom is 0.0937 e. The lowest BCUT2D eigenvalue weighted by atomic mass is 10.0. The fourth-order valence-electron chi connectivity index (χ4n) is 1.76. The minimum atomic E-state index is -0.350. The second-order valence-corrected chi connectivity index (χ2v) is 5.39. The fraction of sp³-hybridized carbons (Fsp3) is 1.00. The van der Waals surface area contributed by atoms with Gasteiger partial charge >= 0.3 is 0 Å². The zero-order chi connectivity index (χ0) is 9.84. The summed E-state index contributed by atoms with van der Waals surface area (Å²) in [7, 11) is 3.31. The molecule has 1 fully saturated rings. The lowest BCUT2D eigenvalue weighted by Crippen LogP contribution is -2.37. The van der Waals surface area contributed by atoms with Crippen LogP contribution in [0.3, 0.4) is 0 Å². The zero-order valence-electron chi connectivity index (χ0n) is 7.94. The molecule has 1 rings (SSSR count). The average molecular weight is 317 g/mol. The molecule has 3 nitrogen and oxygen atoms in total. The van der Waals surface area contributed by atoms with Crippen LogP contribution in [0.2, 0.25) is 0 Å². The van der Waals surface area contributed by atoms with Gasteiger partial charge in [0.2, 0.25) is 0 Å². The Morgan fingerprint density at radius 1 is 1.77 bits per heavy atom. The maximum atomic E-state index is 9.78. The molecule has 3 atom stereocenters. The molecule has 0 aromatic heterocycles. The Kier molecular flexibility index (Phi) is 5.32. The van der Waals surface area contributed by atoms with E-state index in [4.69, 9.17) is 4.74 Å². The van der Waals surface area contributed by atoms with Gasteiger partial charge in [-0.25, -0.2) is 4.31 Å². The second kappa shape index (κ2) is 5.75. The molecule has 5 heteroatoms. The van der Waals surface area contributed by atoms with E-state index in [1.54, 1.807) is 16.2 Å². The quantitative estimate of drug-likeness (QED) is 0.632. The number of rotatable bonds is 4. The van der Waals surface area contributed by atoms with Crippen LogP contribution in [0.1, 0.15) is 13.3 Å². The van der Waals surface area contributed by atoms with Crippen molar-refractivity contribution in [3.63, 3.8) is 0 Å². The van der Waals surface area contributed by atoms with Crippen molar-refractivity contribution in [3.8, 4) is 0 Å². The highest BCUT2D eigenvalue weighted by atomic mass is 127. The van der Waals surface area contributed by atoms with Crippen molar-refractivity contribution in [2.75, 3.05) is 20.3 Å². The first-order valence-corrected chi connectivity index (χ1v) is 7.73. The van der Waals surface area contributed by atoms with Crippen molar-refractivity contribution in [1.29, 1.82) is 0 Å². The van der Waals surface area contributed by atoms with Crippen LogP contribution < -0.4 is 0 Å². The summed E-state index contributed by atoms with van der Waals surface area (Å²) >= 11 is 2.27. The molecule has 1 saturated heterocycles. The van der Waals surface area contributed by atoms with Gasteiger partial charge in [0.05, 0.1) is 12.7 Å². The van der Waals surface area contributed by atoms with Crippen LogP contribution in [0.4, 0.5) is 0 Å². The van der Waals surface area contributed by atoms with Gasteiger partial charge in [0.1, 0.15) is 0 Å². The van der Waals surface area contributed by atoms with E-state index in [2.05, 4.69) is 32.4 Å². The standard InChI is InChI=1S/C8H16INO2S/c1-6-3-7(8(11)5-12-2)10(4-6)13-9/h6-8,11H,3-5H2,1-2H3/t6-,7-,8?/m1/s1. The lowest BCUT2D eigenvalue weighted by Gasteiger charge is -2.24. The van der Waals surface area contributed by atoms with Gasteiger partial charge in [-0.15, -0.1) is 0 Å². The summed E-state index contributed by atoms with van der Waals surface area (Å²) in [5, 5.41) is 9.78. The van der Waals surface area contributed by atoms with Crippen LogP contribution in [0.25, 0.3) is 0 Å². The van der Waals surface area contributed by atoms with E-state index in [0.29, 0.717) is 12.5 Å². The van der Waals surface area contributed by atoms with E-state index in [9.17, 15) is 5.11 Å². The number of methoxy groups -OCH3 is 1. The summed E-state index contributed by atoms with van der Waals surface area (Å²) in [6.45, 7) is 3.73. The van der Waals surface area contributed by atoms with Crippen molar-refractivity contribution in [2.45, 2.75) is 25.5 Å². The third-order valence-corrected chi connectivity index (χ3v) is 4.49. The molecule has 0 radical (unpaired) electrons. The van der Waals surface area contributed by atoms with E-state index in [1.807, 2.05) is 0 Å². The molecule has 1 aliphatic rings. The number of hydrogen-bond donors (Lipinski definition) is 1. The molecular weight excluding hydrogens is 301 g/mol. The van der Waals surface area contributed by atoms with Crippen molar-refractivity contribution in [3.05, 3.63) is 0 Å². The Hall–Kier alpha value is 0.960. The Balaban J connectivity index is 2.46. The van der Waals surface area contributed by atoms with Crippen LogP contribution in [0.15, 0.2) is 0 Å². The third kappa shape index (κ3) is 3.23. The molecule has 1 aliphatic heterocycles. The van der Waals surface area contributed by atoms with Gasteiger partial charge < -0.3 is 9.84 Å². The van der Waals surface area contributed by atoms with Gasteiger partial charge in [-0.1, -0.05) is 6.92 Å². The van der Waals surface area contributed by atoms with E-state index in [0.717, 1.165) is 13.0 Å². The summed E-state index contributed by atoms with van der Waals surface area (Å²) in [4.78, 5) is 0. The molecule has 0 aliphatic carbocycles. The minimum Gasteiger partial charge on any atom is -0.389 e. The first-order chi connectivity index (χ1) is 6.19. The predicted molar refractivity (Wildman–Crippen MR) is 63.8 cm³/mol. The Morgan fingerprint density at radius 2 is 2.46 bits per heavy atom. The molecule has 0 aromatic carbocycles. The van der Waals surface area contributed by atoms with E-state index < -0.39 is 0 Å². The SMILES string of the molecule is COCC(O)[C@H]1C[C@@H](C)CN1SI. The topological polar surface area (TPSA) is 32.7 Å². The van der Waals surface area contributed by atoms with Gasteiger partial charge in [0, 0.05) is 40.9 Å². The van der Waals surface area contributed by atoms with Gasteiger partial charge in [-0.05, 0) is 21.5 Å². The summed E-state index contributed by atoms with van der Waals surface area (Å²) in [5.41, 5.74) is 0. The number of halogens is 1.